The zero-order chi connectivity index (χ0) is 14.0. The number of ether oxygens (including phenoxy) is 4. The number of rotatable bonds is 11. The van der Waals surface area contributed by atoms with Crippen molar-refractivity contribution < 1.29 is 18.9 Å². The summed E-state index contributed by atoms with van der Waals surface area (Å²) in [6.07, 6.45) is -0.200. The van der Waals surface area contributed by atoms with Crippen LogP contribution in [0.25, 0.3) is 0 Å². The predicted octanol–water partition coefficient (Wildman–Crippen LogP) is 0.285. The van der Waals surface area contributed by atoms with Gasteiger partial charge in [0.1, 0.15) is 0 Å². The second-order valence-corrected chi connectivity index (χ2v) is 14.1. The monoisotopic (exact) mass is 366 g/mol. The van der Waals surface area contributed by atoms with E-state index in [1.54, 1.807) is 69.7 Å². The lowest BCUT2D eigenvalue weighted by Gasteiger charge is -2.21. The largest absolute Gasteiger partial charge is 0.355 e. The van der Waals surface area contributed by atoms with Gasteiger partial charge in [-0.3, -0.25) is 0 Å². The van der Waals surface area contributed by atoms with Crippen molar-refractivity contribution >= 4 is 61.7 Å². The zero-order valence-electron chi connectivity index (χ0n) is 11.6. The van der Waals surface area contributed by atoms with Crippen LogP contribution in [-0.4, -0.2) is 71.3 Å². The fourth-order valence-corrected chi connectivity index (χ4v) is 13.5. The molecule has 2 atom stereocenters. The lowest BCUT2D eigenvalue weighted by molar-refractivity contribution is -0.0905. The Morgan fingerprint density at radius 3 is 1.17 bits per heavy atom. The Morgan fingerprint density at radius 2 is 0.944 bits per heavy atom. The van der Waals surface area contributed by atoms with Crippen LogP contribution in [0.15, 0.2) is 0 Å². The molecular weight excluding hydrogens is 345 g/mol. The summed E-state index contributed by atoms with van der Waals surface area (Å²) in [4.78, 5) is 0.845. The molecule has 0 amide bonds. The number of methoxy groups -OCH3 is 4. The van der Waals surface area contributed by atoms with Gasteiger partial charge in [-0.2, -0.15) is 0 Å². The second kappa shape index (κ2) is 12.4. The van der Waals surface area contributed by atoms with Gasteiger partial charge in [0.05, 0.1) is 0 Å². The summed E-state index contributed by atoms with van der Waals surface area (Å²) in [6.45, 7) is 0. The van der Waals surface area contributed by atoms with E-state index >= 15 is 0 Å². The van der Waals surface area contributed by atoms with Crippen molar-refractivity contribution in [2.24, 2.45) is 0 Å². The quantitative estimate of drug-likeness (QED) is 0.223. The van der Waals surface area contributed by atoms with Gasteiger partial charge in [-0.15, -0.1) is 0 Å². The van der Waals surface area contributed by atoms with E-state index in [1.807, 2.05) is 0 Å². The lowest BCUT2D eigenvalue weighted by Crippen LogP contribution is -2.27. The van der Waals surface area contributed by atoms with Crippen molar-refractivity contribution in [1.29, 1.82) is 0 Å². The Kier molecular flexibility index (Phi) is 13.6. The first-order valence-corrected chi connectivity index (χ1v) is 12.6. The molecule has 0 aliphatic carbocycles. The lowest BCUT2D eigenvalue weighted by atomic mass is 10.7. The van der Waals surface area contributed by atoms with Gasteiger partial charge >= 0.3 is 0 Å². The SMILES string of the molecule is COC(OC)C([SiH3])SSSSC([SiH3])C(OC)OC. The van der Waals surface area contributed by atoms with Crippen LogP contribution in [0.3, 0.4) is 0 Å². The number of hydrogen-bond acceptors (Lipinski definition) is 8. The molecule has 0 radical (unpaired) electrons. The number of hydrogen-bond donors (Lipinski definition) is 0. The molecule has 0 aromatic heterocycles. The van der Waals surface area contributed by atoms with E-state index in [4.69, 9.17) is 18.9 Å². The van der Waals surface area contributed by atoms with Crippen molar-refractivity contribution in [2.45, 2.75) is 22.3 Å². The average Bonchev–Trinajstić information content (AvgIpc) is 2.37. The third kappa shape index (κ3) is 8.07. The van der Waals surface area contributed by atoms with E-state index in [0.29, 0.717) is 9.75 Å². The highest BCUT2D eigenvalue weighted by atomic mass is 33.7. The first-order chi connectivity index (χ1) is 8.60. The summed E-state index contributed by atoms with van der Waals surface area (Å²) in [5.41, 5.74) is 0. The molecule has 0 fully saturated rings. The molecule has 0 saturated carbocycles. The van der Waals surface area contributed by atoms with Gasteiger partial charge in [-0.1, -0.05) is 21.6 Å². The van der Waals surface area contributed by atoms with Crippen molar-refractivity contribution in [3.8, 4) is 0 Å². The maximum absolute atomic E-state index is 5.24. The average molecular weight is 367 g/mol. The van der Waals surface area contributed by atoms with Crippen LogP contribution in [-0.2, 0) is 18.9 Å². The van der Waals surface area contributed by atoms with Crippen molar-refractivity contribution in [3.63, 3.8) is 0 Å². The Labute approximate surface area is 131 Å². The Bertz CT molecular complexity index is 178. The highest BCUT2D eigenvalue weighted by Crippen LogP contribution is 2.47. The van der Waals surface area contributed by atoms with Crippen LogP contribution in [0, 0.1) is 0 Å². The summed E-state index contributed by atoms with van der Waals surface area (Å²) in [5.74, 6) is 0. The molecule has 10 heteroatoms. The van der Waals surface area contributed by atoms with Crippen molar-refractivity contribution in [1.82, 2.24) is 0 Å². The molecule has 4 nitrogen and oxygen atoms in total. The normalized spacial score (nSPS) is 15.7. The van der Waals surface area contributed by atoms with Gasteiger partial charge in [0.15, 0.2) is 12.6 Å². The molecule has 0 aromatic carbocycles. The summed E-state index contributed by atoms with van der Waals surface area (Å²) in [5, 5.41) is 0. The first kappa shape index (κ1) is 19.7. The van der Waals surface area contributed by atoms with E-state index in [1.165, 1.54) is 0 Å². The standard InChI is InChI=1S/C8H22O4S4Si2/c1-9-5(10-2)7(17)13-15-16-14-8(18)6(11-3)12-4/h5-8H,1-4,17-18H3. The smallest absolute Gasteiger partial charge is 0.165 e. The molecule has 2 unspecified atom stereocenters. The van der Waals surface area contributed by atoms with Crippen LogP contribution in [0.2, 0.25) is 0 Å². The highest BCUT2D eigenvalue weighted by molar-refractivity contribution is 9.26. The molecule has 0 rings (SSSR count). The van der Waals surface area contributed by atoms with Gasteiger partial charge in [-0.25, -0.2) is 0 Å². The Balaban J connectivity index is 3.72. The fraction of sp³-hybridized carbons (Fsp3) is 1.00. The van der Waals surface area contributed by atoms with E-state index in [9.17, 15) is 0 Å². The first-order valence-electron chi connectivity index (χ1n) is 5.37. The maximum atomic E-state index is 5.24. The summed E-state index contributed by atoms with van der Waals surface area (Å²) in [6, 6.07) is 0. The highest BCUT2D eigenvalue weighted by Gasteiger charge is 2.19. The van der Waals surface area contributed by atoms with Crippen LogP contribution in [0.5, 0.6) is 0 Å². The van der Waals surface area contributed by atoms with E-state index in [-0.39, 0.29) is 12.6 Å². The minimum atomic E-state index is -0.0998. The van der Waals surface area contributed by atoms with E-state index < -0.39 is 0 Å². The van der Waals surface area contributed by atoms with E-state index in [2.05, 4.69) is 0 Å². The molecule has 0 aromatic rings. The van der Waals surface area contributed by atoms with Gasteiger partial charge in [0, 0.05) is 58.7 Å². The predicted molar refractivity (Wildman–Crippen MR) is 93.4 cm³/mol. The topological polar surface area (TPSA) is 36.9 Å². The molecule has 0 N–H and O–H groups in total. The fourth-order valence-electron chi connectivity index (χ4n) is 1.21. The Morgan fingerprint density at radius 1 is 0.667 bits per heavy atom. The van der Waals surface area contributed by atoms with Crippen LogP contribution in [0.4, 0.5) is 0 Å². The molecule has 18 heavy (non-hydrogen) atoms. The van der Waals surface area contributed by atoms with Crippen molar-refractivity contribution in [3.05, 3.63) is 0 Å². The van der Waals surface area contributed by atoms with Crippen LogP contribution >= 0.6 is 41.2 Å². The van der Waals surface area contributed by atoms with Gasteiger partial charge in [0.25, 0.3) is 0 Å². The maximum Gasteiger partial charge on any atom is 0.165 e. The molecule has 0 bridgehead atoms. The Hall–Kier alpha value is 1.67. The molecule has 0 heterocycles. The van der Waals surface area contributed by atoms with Gasteiger partial charge in [0.2, 0.25) is 0 Å². The molecule has 0 spiro atoms. The van der Waals surface area contributed by atoms with Crippen LogP contribution < -0.4 is 0 Å². The van der Waals surface area contributed by atoms with Crippen molar-refractivity contribution in [2.75, 3.05) is 28.4 Å². The third-order valence-corrected chi connectivity index (χ3v) is 13.8. The molecule has 110 valence electrons. The summed E-state index contributed by atoms with van der Waals surface area (Å²) < 4.78 is 21.0. The molecule has 0 saturated heterocycles. The summed E-state index contributed by atoms with van der Waals surface area (Å²) >= 11 is 0. The molecule has 0 aliphatic rings. The van der Waals surface area contributed by atoms with Gasteiger partial charge in [-0.05, 0) is 19.7 Å². The molecule has 0 aliphatic heterocycles. The second-order valence-electron chi connectivity index (χ2n) is 3.42. The van der Waals surface area contributed by atoms with Gasteiger partial charge < -0.3 is 18.9 Å². The zero-order valence-corrected chi connectivity index (χ0v) is 18.8. The minimum absolute atomic E-state index is 0.0998. The summed E-state index contributed by atoms with van der Waals surface area (Å²) in [7, 11) is 15.9. The third-order valence-electron chi connectivity index (χ3n) is 2.11. The van der Waals surface area contributed by atoms with Crippen LogP contribution in [0.1, 0.15) is 0 Å². The minimum Gasteiger partial charge on any atom is -0.355 e. The van der Waals surface area contributed by atoms with E-state index in [0.717, 1.165) is 20.5 Å². The molecular formula is C8H22O4S4Si2.